The second kappa shape index (κ2) is 5.45. The monoisotopic (exact) mass is 276 g/mol. The number of nitrogens with zero attached hydrogens (tertiary/aromatic N) is 2. The minimum atomic E-state index is -0.542. The van der Waals surface area contributed by atoms with Crippen LogP contribution in [0.1, 0.15) is 41.5 Å². The fourth-order valence-corrected chi connectivity index (χ4v) is 2.04. The third kappa shape index (κ3) is 2.43. The SMILES string of the molecule is COc1cnn(C(C)C)c1C(=O)c1cc(C)ccc1F. The standard InChI is InChI=1S/C15H17FN2O2/c1-9(2)18-14(13(20-4)8-17-18)15(19)11-7-10(3)5-6-12(11)16/h5-9H,1-4H3. The minimum Gasteiger partial charge on any atom is -0.493 e. The maximum absolute atomic E-state index is 13.9. The van der Waals surface area contributed by atoms with Crippen LogP contribution in [0.3, 0.4) is 0 Å². The van der Waals surface area contributed by atoms with Crippen molar-refractivity contribution in [1.29, 1.82) is 0 Å². The third-order valence-corrected chi connectivity index (χ3v) is 3.05. The molecule has 0 atom stereocenters. The zero-order valence-electron chi connectivity index (χ0n) is 12.0. The lowest BCUT2D eigenvalue weighted by atomic mass is 10.0. The molecule has 0 unspecified atom stereocenters. The number of carbonyl (C=O) groups excluding carboxylic acids is 1. The number of halogens is 1. The predicted molar refractivity (Wildman–Crippen MR) is 73.7 cm³/mol. The Labute approximate surface area is 117 Å². The summed E-state index contributed by atoms with van der Waals surface area (Å²) in [4.78, 5) is 12.6. The van der Waals surface area contributed by atoms with E-state index in [2.05, 4.69) is 5.10 Å². The lowest BCUT2D eigenvalue weighted by Crippen LogP contribution is -2.15. The highest BCUT2D eigenvalue weighted by atomic mass is 19.1. The molecule has 0 aliphatic carbocycles. The Morgan fingerprint density at radius 3 is 2.70 bits per heavy atom. The normalized spacial score (nSPS) is 10.9. The van der Waals surface area contributed by atoms with Crippen LogP contribution in [-0.4, -0.2) is 22.7 Å². The van der Waals surface area contributed by atoms with Gasteiger partial charge in [0, 0.05) is 6.04 Å². The molecule has 0 bridgehead atoms. The molecule has 1 heterocycles. The van der Waals surface area contributed by atoms with Crippen molar-refractivity contribution >= 4 is 5.78 Å². The van der Waals surface area contributed by atoms with E-state index in [9.17, 15) is 9.18 Å². The lowest BCUT2D eigenvalue weighted by molar-refractivity contribution is 0.102. The van der Waals surface area contributed by atoms with E-state index < -0.39 is 11.6 Å². The first-order chi connectivity index (χ1) is 9.45. The van der Waals surface area contributed by atoms with Crippen LogP contribution in [0.4, 0.5) is 4.39 Å². The summed E-state index contributed by atoms with van der Waals surface area (Å²) in [7, 11) is 1.46. The third-order valence-electron chi connectivity index (χ3n) is 3.05. The average molecular weight is 276 g/mol. The van der Waals surface area contributed by atoms with Crippen LogP contribution in [0.25, 0.3) is 0 Å². The van der Waals surface area contributed by atoms with Gasteiger partial charge in [0.15, 0.2) is 11.4 Å². The molecule has 0 amide bonds. The Balaban J connectivity index is 2.58. The van der Waals surface area contributed by atoms with Gasteiger partial charge in [-0.2, -0.15) is 5.10 Å². The molecule has 20 heavy (non-hydrogen) atoms. The molecule has 5 heteroatoms. The van der Waals surface area contributed by atoms with Crippen LogP contribution in [-0.2, 0) is 0 Å². The molecule has 1 aromatic carbocycles. The minimum absolute atomic E-state index is 0.0225. The van der Waals surface area contributed by atoms with Crippen LogP contribution in [0.15, 0.2) is 24.4 Å². The van der Waals surface area contributed by atoms with Gasteiger partial charge >= 0.3 is 0 Å². The van der Waals surface area contributed by atoms with Crippen LogP contribution >= 0.6 is 0 Å². The maximum Gasteiger partial charge on any atom is 0.217 e. The number of rotatable bonds is 4. The van der Waals surface area contributed by atoms with Crippen molar-refractivity contribution in [2.24, 2.45) is 0 Å². The zero-order chi connectivity index (χ0) is 14.9. The molecule has 0 aliphatic rings. The molecule has 2 aromatic rings. The molecule has 0 fully saturated rings. The Kier molecular flexibility index (Phi) is 3.88. The van der Waals surface area contributed by atoms with Gasteiger partial charge in [-0.05, 0) is 32.9 Å². The Morgan fingerprint density at radius 1 is 1.40 bits per heavy atom. The van der Waals surface area contributed by atoms with E-state index in [4.69, 9.17) is 4.74 Å². The number of carbonyl (C=O) groups is 1. The van der Waals surface area contributed by atoms with Crippen molar-refractivity contribution < 1.29 is 13.9 Å². The summed E-state index contributed by atoms with van der Waals surface area (Å²) in [6.45, 7) is 5.61. The lowest BCUT2D eigenvalue weighted by Gasteiger charge is -2.12. The molecular weight excluding hydrogens is 259 g/mol. The number of hydrogen-bond donors (Lipinski definition) is 0. The van der Waals surface area contributed by atoms with Crippen molar-refractivity contribution in [1.82, 2.24) is 9.78 Å². The van der Waals surface area contributed by atoms with Gasteiger partial charge in [-0.15, -0.1) is 0 Å². The van der Waals surface area contributed by atoms with E-state index >= 15 is 0 Å². The predicted octanol–water partition coefficient (Wildman–Crippen LogP) is 3.15. The molecule has 0 N–H and O–H groups in total. The number of hydrogen-bond acceptors (Lipinski definition) is 3. The summed E-state index contributed by atoms with van der Waals surface area (Å²) in [5, 5.41) is 4.13. The van der Waals surface area contributed by atoms with Crippen LogP contribution < -0.4 is 4.74 Å². The van der Waals surface area contributed by atoms with Gasteiger partial charge in [0.25, 0.3) is 0 Å². The molecule has 4 nitrogen and oxygen atoms in total. The Hall–Kier alpha value is -2.17. The highest BCUT2D eigenvalue weighted by Gasteiger charge is 2.24. The summed E-state index contributed by atoms with van der Waals surface area (Å²) >= 11 is 0. The summed E-state index contributed by atoms with van der Waals surface area (Å²) < 4.78 is 20.6. The van der Waals surface area contributed by atoms with E-state index in [1.807, 2.05) is 20.8 Å². The van der Waals surface area contributed by atoms with E-state index in [1.54, 1.807) is 10.7 Å². The van der Waals surface area contributed by atoms with Crippen LogP contribution in [0.5, 0.6) is 5.75 Å². The number of aryl methyl sites for hydroxylation is 1. The van der Waals surface area contributed by atoms with E-state index in [0.29, 0.717) is 5.75 Å². The van der Waals surface area contributed by atoms with Crippen molar-refractivity contribution in [2.75, 3.05) is 7.11 Å². The molecule has 0 saturated carbocycles. The summed E-state index contributed by atoms with van der Waals surface area (Å²) in [6, 6.07) is 4.44. The molecule has 0 aliphatic heterocycles. The van der Waals surface area contributed by atoms with Gasteiger partial charge in [0.2, 0.25) is 5.78 Å². The topological polar surface area (TPSA) is 44.1 Å². The van der Waals surface area contributed by atoms with Crippen molar-refractivity contribution in [3.8, 4) is 5.75 Å². The quantitative estimate of drug-likeness (QED) is 0.806. The summed E-state index contributed by atoms with van der Waals surface area (Å²) in [5.41, 5.74) is 1.13. The maximum atomic E-state index is 13.9. The second-order valence-electron chi connectivity index (χ2n) is 4.91. The Bertz CT molecular complexity index is 647. The Morgan fingerprint density at radius 2 is 2.10 bits per heavy atom. The molecule has 0 saturated heterocycles. The largest absolute Gasteiger partial charge is 0.493 e. The van der Waals surface area contributed by atoms with Gasteiger partial charge in [0.1, 0.15) is 5.82 Å². The highest BCUT2D eigenvalue weighted by Crippen LogP contribution is 2.25. The van der Waals surface area contributed by atoms with E-state index in [1.165, 1.54) is 25.4 Å². The first-order valence-electron chi connectivity index (χ1n) is 6.38. The van der Waals surface area contributed by atoms with Crippen molar-refractivity contribution in [3.63, 3.8) is 0 Å². The molecule has 2 rings (SSSR count). The number of benzene rings is 1. The van der Waals surface area contributed by atoms with Crippen LogP contribution in [0.2, 0.25) is 0 Å². The molecule has 106 valence electrons. The fourth-order valence-electron chi connectivity index (χ4n) is 2.04. The number of aromatic nitrogens is 2. The van der Waals surface area contributed by atoms with Gasteiger partial charge in [-0.25, -0.2) is 4.39 Å². The van der Waals surface area contributed by atoms with Crippen molar-refractivity contribution in [2.45, 2.75) is 26.8 Å². The first-order valence-corrected chi connectivity index (χ1v) is 6.38. The van der Waals surface area contributed by atoms with Gasteiger partial charge < -0.3 is 4.74 Å². The van der Waals surface area contributed by atoms with Gasteiger partial charge in [0.05, 0.1) is 18.9 Å². The zero-order valence-corrected chi connectivity index (χ0v) is 12.0. The number of ether oxygens (including phenoxy) is 1. The molecule has 0 spiro atoms. The fraction of sp³-hybridized carbons (Fsp3) is 0.333. The molecular formula is C15H17FN2O2. The average Bonchev–Trinajstić information content (AvgIpc) is 2.84. The first kappa shape index (κ1) is 14.2. The highest BCUT2D eigenvalue weighted by molar-refractivity contribution is 6.09. The number of methoxy groups -OCH3 is 1. The molecule has 1 aromatic heterocycles. The van der Waals surface area contributed by atoms with Gasteiger partial charge in [-0.1, -0.05) is 11.6 Å². The summed E-state index contributed by atoms with van der Waals surface area (Å²) in [6.07, 6.45) is 1.47. The van der Waals surface area contributed by atoms with Crippen molar-refractivity contribution in [3.05, 3.63) is 47.0 Å². The van der Waals surface area contributed by atoms with Crippen LogP contribution in [0, 0.1) is 12.7 Å². The number of ketones is 1. The van der Waals surface area contributed by atoms with E-state index in [-0.39, 0.29) is 17.3 Å². The van der Waals surface area contributed by atoms with E-state index in [0.717, 1.165) is 5.56 Å². The smallest absolute Gasteiger partial charge is 0.217 e. The summed E-state index contributed by atoms with van der Waals surface area (Å²) in [5.74, 6) is -0.613. The second-order valence-corrected chi connectivity index (χ2v) is 4.91. The van der Waals surface area contributed by atoms with Gasteiger partial charge in [-0.3, -0.25) is 9.48 Å². The molecule has 0 radical (unpaired) electrons.